The Hall–Kier alpha value is -3.70. The zero-order valence-corrected chi connectivity index (χ0v) is 19.6. The second kappa shape index (κ2) is 9.27. The Balaban J connectivity index is 1.36. The van der Waals surface area contributed by atoms with Crippen LogP contribution in [-0.4, -0.2) is 60.4 Å². The van der Waals surface area contributed by atoms with Crippen LogP contribution in [0.3, 0.4) is 0 Å². The molecule has 0 amide bonds. The molecule has 1 fully saturated rings. The first-order valence-electron chi connectivity index (χ1n) is 11.0. The molecule has 4 aromatic rings. The minimum atomic E-state index is -3.44. The van der Waals surface area contributed by atoms with E-state index in [2.05, 4.69) is 42.4 Å². The van der Waals surface area contributed by atoms with Crippen molar-refractivity contribution in [2.75, 3.05) is 47.4 Å². The van der Waals surface area contributed by atoms with Gasteiger partial charge < -0.3 is 20.1 Å². The fourth-order valence-corrected chi connectivity index (χ4v) is 4.52. The number of hydrogen-bond acceptors (Lipinski definition) is 8. The van der Waals surface area contributed by atoms with Gasteiger partial charge in [0, 0.05) is 67.1 Å². The number of hydrogen-bond donors (Lipinski definition) is 3. The summed E-state index contributed by atoms with van der Waals surface area (Å²) in [5.41, 5.74) is 3.58. The molecule has 0 spiro atoms. The van der Waals surface area contributed by atoms with Gasteiger partial charge in [-0.2, -0.15) is 4.98 Å². The molecule has 5 rings (SSSR count). The second-order valence-corrected chi connectivity index (χ2v) is 9.96. The van der Waals surface area contributed by atoms with Crippen LogP contribution in [0.4, 0.5) is 23.1 Å². The van der Waals surface area contributed by atoms with Crippen molar-refractivity contribution in [2.45, 2.75) is 6.54 Å². The highest BCUT2D eigenvalue weighted by Crippen LogP contribution is 2.23. The van der Waals surface area contributed by atoms with Crippen LogP contribution < -0.4 is 20.3 Å². The van der Waals surface area contributed by atoms with Crippen molar-refractivity contribution in [3.8, 4) is 0 Å². The number of nitrogens with zero attached hydrogens (tertiary/aromatic N) is 5. The quantitative estimate of drug-likeness (QED) is 0.371. The summed E-state index contributed by atoms with van der Waals surface area (Å²) in [6.45, 7) is 4.41. The summed E-state index contributed by atoms with van der Waals surface area (Å²) in [4.78, 5) is 15.7. The molecule has 0 atom stereocenters. The average Bonchev–Trinajstić information content (AvgIpc) is 3.22. The summed E-state index contributed by atoms with van der Waals surface area (Å²) < 4.78 is 27.8. The Morgan fingerprint density at radius 3 is 2.62 bits per heavy atom. The molecule has 4 heterocycles. The molecule has 34 heavy (non-hydrogen) atoms. The van der Waals surface area contributed by atoms with E-state index in [0.29, 0.717) is 18.3 Å². The van der Waals surface area contributed by atoms with Crippen LogP contribution in [0.15, 0.2) is 61.1 Å². The maximum atomic E-state index is 11.7. The van der Waals surface area contributed by atoms with Crippen molar-refractivity contribution in [1.82, 2.24) is 24.8 Å². The largest absolute Gasteiger partial charge is 0.369 e. The van der Waals surface area contributed by atoms with Gasteiger partial charge in [0.25, 0.3) is 0 Å². The topological polar surface area (TPSA) is 117 Å². The lowest BCUT2D eigenvalue weighted by Crippen LogP contribution is -2.43. The van der Waals surface area contributed by atoms with Crippen LogP contribution in [-0.2, 0) is 16.6 Å². The molecule has 0 aliphatic carbocycles. The van der Waals surface area contributed by atoms with Gasteiger partial charge in [-0.15, -0.1) is 0 Å². The molecule has 3 N–H and O–H groups in total. The molecule has 176 valence electrons. The van der Waals surface area contributed by atoms with Gasteiger partial charge in [-0.25, -0.2) is 18.4 Å². The lowest BCUT2D eigenvalue weighted by molar-refractivity contribution is 0.589. The minimum Gasteiger partial charge on any atom is -0.369 e. The van der Waals surface area contributed by atoms with E-state index in [1.54, 1.807) is 18.5 Å². The number of rotatable bonds is 7. The number of benzene rings is 1. The smallest absolute Gasteiger partial charge is 0.230 e. The Bertz CT molecular complexity index is 1400. The molecule has 0 radical (unpaired) electrons. The Morgan fingerprint density at radius 1 is 1.06 bits per heavy atom. The first-order valence-corrected chi connectivity index (χ1v) is 12.9. The fraction of sp³-hybridized carbons (Fsp3) is 0.261. The van der Waals surface area contributed by atoms with E-state index in [0.717, 1.165) is 54.7 Å². The third-order valence-electron chi connectivity index (χ3n) is 5.62. The lowest BCUT2D eigenvalue weighted by atomic mass is 10.2. The number of sulfonamides is 1. The van der Waals surface area contributed by atoms with Crippen molar-refractivity contribution < 1.29 is 8.42 Å². The van der Waals surface area contributed by atoms with E-state index in [4.69, 9.17) is 4.98 Å². The SMILES string of the molecule is CS(=O)(=O)Nc1ncccc1Cn1ccc2cnc(Nc3ccc(N4CCNCC4)cc3)nc21. The van der Waals surface area contributed by atoms with Gasteiger partial charge in [-0.3, -0.25) is 4.72 Å². The highest BCUT2D eigenvalue weighted by Gasteiger charge is 2.13. The van der Waals surface area contributed by atoms with E-state index < -0.39 is 10.0 Å². The molecule has 1 saturated heterocycles. The summed E-state index contributed by atoms with van der Waals surface area (Å²) in [5, 5.41) is 7.54. The van der Waals surface area contributed by atoms with Gasteiger partial charge in [-0.05, 0) is 36.4 Å². The molecule has 11 heteroatoms. The summed E-state index contributed by atoms with van der Waals surface area (Å²) >= 11 is 0. The number of nitrogens with one attached hydrogen (secondary N) is 3. The Kier molecular flexibility index (Phi) is 6.03. The molecular formula is C23H26N8O2S. The molecule has 10 nitrogen and oxygen atoms in total. The normalized spacial score (nSPS) is 14.3. The van der Waals surface area contributed by atoms with E-state index >= 15 is 0 Å². The van der Waals surface area contributed by atoms with E-state index in [1.807, 2.05) is 35.0 Å². The standard InChI is InChI=1S/C23H26N8O2S/c1-34(32,33)29-21-18(3-2-9-25-21)16-31-12-8-17-15-26-23(28-22(17)31)27-19-4-6-20(7-5-19)30-13-10-24-11-14-30/h2-9,12,15,24H,10-11,13-14,16H2,1H3,(H,25,29)(H,26,27,28). The molecule has 1 aliphatic heterocycles. The highest BCUT2D eigenvalue weighted by molar-refractivity contribution is 7.92. The monoisotopic (exact) mass is 478 g/mol. The lowest BCUT2D eigenvalue weighted by Gasteiger charge is -2.29. The third kappa shape index (κ3) is 5.10. The van der Waals surface area contributed by atoms with E-state index in [9.17, 15) is 8.42 Å². The second-order valence-electron chi connectivity index (χ2n) is 8.21. The number of aromatic nitrogens is 4. The molecule has 0 bridgehead atoms. The first kappa shape index (κ1) is 22.1. The summed E-state index contributed by atoms with van der Waals surface area (Å²) in [6.07, 6.45) is 6.35. The van der Waals surface area contributed by atoms with Crippen LogP contribution in [0, 0.1) is 0 Å². The molecule has 3 aromatic heterocycles. The van der Waals surface area contributed by atoms with Gasteiger partial charge >= 0.3 is 0 Å². The maximum Gasteiger partial charge on any atom is 0.230 e. The summed E-state index contributed by atoms with van der Waals surface area (Å²) in [5.74, 6) is 0.798. The van der Waals surface area contributed by atoms with Crippen molar-refractivity contribution in [1.29, 1.82) is 0 Å². The number of anilines is 4. The first-order chi connectivity index (χ1) is 16.4. The molecular weight excluding hydrogens is 452 g/mol. The van der Waals surface area contributed by atoms with E-state index in [1.165, 1.54) is 5.69 Å². The third-order valence-corrected chi connectivity index (χ3v) is 6.19. The number of piperazine rings is 1. The highest BCUT2D eigenvalue weighted by atomic mass is 32.2. The van der Waals surface area contributed by atoms with Gasteiger partial charge in [0.1, 0.15) is 11.5 Å². The summed E-state index contributed by atoms with van der Waals surface area (Å²) in [6, 6.07) is 13.8. The zero-order chi connectivity index (χ0) is 23.5. The minimum absolute atomic E-state index is 0.309. The zero-order valence-electron chi connectivity index (χ0n) is 18.8. The van der Waals surface area contributed by atoms with Crippen LogP contribution in [0.2, 0.25) is 0 Å². The van der Waals surface area contributed by atoms with Crippen molar-refractivity contribution in [3.63, 3.8) is 0 Å². The molecule has 1 aromatic carbocycles. The summed E-state index contributed by atoms with van der Waals surface area (Å²) in [7, 11) is -3.44. The van der Waals surface area contributed by atoms with Gasteiger partial charge in [-0.1, -0.05) is 6.07 Å². The average molecular weight is 479 g/mol. The Labute approximate surface area is 198 Å². The van der Waals surface area contributed by atoms with Gasteiger partial charge in [0.05, 0.1) is 12.8 Å². The van der Waals surface area contributed by atoms with Crippen LogP contribution in [0.1, 0.15) is 5.56 Å². The molecule has 0 saturated carbocycles. The fourth-order valence-electron chi connectivity index (χ4n) is 3.98. The predicted octanol–water partition coefficient (Wildman–Crippen LogP) is 2.40. The number of fused-ring (bicyclic) bond motifs is 1. The van der Waals surface area contributed by atoms with Crippen molar-refractivity contribution in [3.05, 3.63) is 66.6 Å². The van der Waals surface area contributed by atoms with Gasteiger partial charge in [0.2, 0.25) is 16.0 Å². The van der Waals surface area contributed by atoms with Crippen LogP contribution in [0.25, 0.3) is 11.0 Å². The Morgan fingerprint density at radius 2 is 1.85 bits per heavy atom. The van der Waals surface area contributed by atoms with E-state index in [-0.39, 0.29) is 0 Å². The predicted molar refractivity (Wildman–Crippen MR) is 134 cm³/mol. The number of pyridine rings is 1. The van der Waals surface area contributed by atoms with Gasteiger partial charge in [0.15, 0.2) is 0 Å². The van der Waals surface area contributed by atoms with Crippen molar-refractivity contribution in [2.24, 2.45) is 0 Å². The van der Waals surface area contributed by atoms with Crippen LogP contribution >= 0.6 is 0 Å². The van der Waals surface area contributed by atoms with Crippen LogP contribution in [0.5, 0.6) is 0 Å². The maximum absolute atomic E-state index is 11.7. The van der Waals surface area contributed by atoms with Crippen molar-refractivity contribution >= 4 is 44.2 Å². The molecule has 0 unspecified atom stereocenters. The molecule has 1 aliphatic rings.